The summed E-state index contributed by atoms with van der Waals surface area (Å²) in [6.07, 6.45) is 23.6. The Labute approximate surface area is 255 Å². The molecule has 0 saturated heterocycles. The third kappa shape index (κ3) is 13.6. The van der Waals surface area contributed by atoms with Crippen molar-refractivity contribution in [2.45, 2.75) is 194 Å². The van der Waals surface area contributed by atoms with Crippen LogP contribution in [0.5, 0.6) is 5.75 Å². The van der Waals surface area contributed by atoms with Crippen molar-refractivity contribution in [3.63, 3.8) is 0 Å². The molecule has 0 spiro atoms. The Bertz CT molecular complexity index is 822. The number of carbonyl (C=O) groups excluding carboxylic acids is 1. The standard InChI is InChI=1S/C38H68O3/c1-10-12-13-14-15-16-17-18-19-20-21-22-23-24-25-26-27-28-38(9,35(40)41-11-2)31-29-32(36(3,4)5)34(39)33(30-31)37(6,7)8/h29-30,39H,10-28H2,1-9H3. The maximum absolute atomic E-state index is 13.4. The molecular weight excluding hydrogens is 504 g/mol. The van der Waals surface area contributed by atoms with E-state index in [0.29, 0.717) is 12.4 Å². The van der Waals surface area contributed by atoms with E-state index in [0.717, 1.165) is 36.0 Å². The second-order valence-electron chi connectivity index (χ2n) is 14.9. The number of ether oxygens (including phenoxy) is 1. The van der Waals surface area contributed by atoms with Crippen LogP contribution >= 0.6 is 0 Å². The Morgan fingerprint density at radius 3 is 1.27 bits per heavy atom. The van der Waals surface area contributed by atoms with Crippen LogP contribution in [0.1, 0.15) is 195 Å². The Kier molecular flexibility index (Phi) is 17.3. The number of phenols is 1. The molecule has 1 rings (SSSR count). The van der Waals surface area contributed by atoms with Gasteiger partial charge in [0.15, 0.2) is 0 Å². The molecule has 1 atom stereocenters. The van der Waals surface area contributed by atoms with Gasteiger partial charge in [0.2, 0.25) is 0 Å². The first-order valence-corrected chi connectivity index (χ1v) is 17.3. The molecular formula is C38H68O3. The lowest BCUT2D eigenvalue weighted by Crippen LogP contribution is -2.35. The van der Waals surface area contributed by atoms with E-state index in [1.54, 1.807) is 0 Å². The van der Waals surface area contributed by atoms with E-state index in [-0.39, 0.29) is 16.8 Å². The number of benzene rings is 1. The fourth-order valence-corrected chi connectivity index (χ4v) is 5.95. The Morgan fingerprint density at radius 2 is 0.951 bits per heavy atom. The number of unbranched alkanes of at least 4 members (excludes halogenated alkanes) is 16. The highest BCUT2D eigenvalue weighted by molar-refractivity contribution is 5.83. The van der Waals surface area contributed by atoms with E-state index < -0.39 is 5.41 Å². The van der Waals surface area contributed by atoms with Crippen LogP contribution in [0.15, 0.2) is 12.1 Å². The van der Waals surface area contributed by atoms with Crippen LogP contribution in [0.3, 0.4) is 0 Å². The number of carbonyl (C=O) groups is 1. The van der Waals surface area contributed by atoms with Crippen LogP contribution < -0.4 is 0 Å². The summed E-state index contributed by atoms with van der Waals surface area (Å²) in [7, 11) is 0. The molecule has 0 heterocycles. The molecule has 41 heavy (non-hydrogen) atoms. The summed E-state index contributed by atoms with van der Waals surface area (Å²) < 4.78 is 5.62. The number of hydrogen-bond donors (Lipinski definition) is 1. The van der Waals surface area contributed by atoms with E-state index in [2.05, 4.69) is 60.6 Å². The largest absolute Gasteiger partial charge is 0.507 e. The molecule has 3 heteroatoms. The minimum absolute atomic E-state index is 0.151. The van der Waals surface area contributed by atoms with E-state index in [1.807, 2.05) is 13.8 Å². The maximum atomic E-state index is 13.4. The molecule has 0 bridgehead atoms. The summed E-state index contributed by atoms with van der Waals surface area (Å²) in [4.78, 5) is 13.4. The van der Waals surface area contributed by atoms with Crippen molar-refractivity contribution >= 4 is 5.97 Å². The number of rotatable bonds is 21. The monoisotopic (exact) mass is 573 g/mol. The molecule has 1 aromatic rings. The summed E-state index contributed by atoms with van der Waals surface area (Å²) in [5.74, 6) is 0.208. The van der Waals surface area contributed by atoms with Gasteiger partial charge in [0.1, 0.15) is 5.75 Å². The molecule has 0 aliphatic rings. The van der Waals surface area contributed by atoms with Gasteiger partial charge in [0.25, 0.3) is 0 Å². The van der Waals surface area contributed by atoms with Crippen LogP contribution in [-0.4, -0.2) is 17.7 Å². The molecule has 1 N–H and O–H groups in total. The second kappa shape index (κ2) is 18.9. The first-order chi connectivity index (χ1) is 19.3. The quantitative estimate of drug-likeness (QED) is 0.118. The molecule has 3 nitrogen and oxygen atoms in total. The predicted octanol–water partition coefficient (Wildman–Crippen LogP) is 11.8. The third-order valence-electron chi connectivity index (χ3n) is 8.87. The van der Waals surface area contributed by atoms with E-state index in [9.17, 15) is 9.90 Å². The predicted molar refractivity (Wildman–Crippen MR) is 178 cm³/mol. The zero-order valence-corrected chi connectivity index (χ0v) is 28.9. The highest BCUT2D eigenvalue weighted by Crippen LogP contribution is 2.43. The highest BCUT2D eigenvalue weighted by atomic mass is 16.5. The van der Waals surface area contributed by atoms with Crippen molar-refractivity contribution in [3.05, 3.63) is 28.8 Å². The first kappa shape index (κ1) is 37.5. The zero-order valence-electron chi connectivity index (χ0n) is 28.9. The number of aromatic hydroxyl groups is 1. The van der Waals surface area contributed by atoms with Gasteiger partial charge < -0.3 is 9.84 Å². The van der Waals surface area contributed by atoms with Gasteiger partial charge in [0, 0.05) is 0 Å². The van der Waals surface area contributed by atoms with Crippen molar-refractivity contribution in [2.24, 2.45) is 0 Å². The fraction of sp³-hybridized carbons (Fsp3) is 0.816. The number of phenolic OH excluding ortho intramolecular Hbond substituents is 1. The molecule has 0 radical (unpaired) electrons. The van der Waals surface area contributed by atoms with Gasteiger partial charge in [-0.2, -0.15) is 0 Å². The Morgan fingerprint density at radius 1 is 0.610 bits per heavy atom. The van der Waals surface area contributed by atoms with Crippen molar-refractivity contribution in [2.75, 3.05) is 6.61 Å². The van der Waals surface area contributed by atoms with E-state index in [1.165, 1.54) is 96.3 Å². The minimum Gasteiger partial charge on any atom is -0.507 e. The fourth-order valence-electron chi connectivity index (χ4n) is 5.95. The summed E-state index contributed by atoms with van der Waals surface area (Å²) in [5, 5.41) is 11.2. The lowest BCUT2D eigenvalue weighted by Gasteiger charge is -2.33. The summed E-state index contributed by atoms with van der Waals surface area (Å²) in [5.41, 5.74) is 1.59. The summed E-state index contributed by atoms with van der Waals surface area (Å²) in [6.45, 7) is 19.3. The lowest BCUT2D eigenvalue weighted by molar-refractivity contribution is -0.149. The second-order valence-corrected chi connectivity index (χ2v) is 14.9. The van der Waals surface area contributed by atoms with Gasteiger partial charge in [-0.3, -0.25) is 4.79 Å². The van der Waals surface area contributed by atoms with E-state index in [4.69, 9.17) is 4.74 Å². The SMILES string of the molecule is CCCCCCCCCCCCCCCCCCCC(C)(C(=O)OCC)c1cc(C(C)(C)C)c(O)c(C(C)(C)C)c1. The average molecular weight is 573 g/mol. The molecule has 0 aromatic heterocycles. The molecule has 0 amide bonds. The molecule has 1 unspecified atom stereocenters. The van der Waals surface area contributed by atoms with Crippen LogP contribution in [0.2, 0.25) is 0 Å². The normalized spacial score (nSPS) is 13.8. The van der Waals surface area contributed by atoms with Crippen LogP contribution in [0.25, 0.3) is 0 Å². The number of esters is 1. The summed E-state index contributed by atoms with van der Waals surface area (Å²) in [6, 6.07) is 4.13. The van der Waals surface area contributed by atoms with Gasteiger partial charge in [0.05, 0.1) is 12.0 Å². The van der Waals surface area contributed by atoms with Gasteiger partial charge in [-0.05, 0) is 47.8 Å². The van der Waals surface area contributed by atoms with Crippen molar-refractivity contribution in [1.82, 2.24) is 0 Å². The first-order valence-electron chi connectivity index (χ1n) is 17.3. The molecule has 0 aliphatic heterocycles. The van der Waals surface area contributed by atoms with E-state index >= 15 is 0 Å². The minimum atomic E-state index is -0.723. The molecule has 0 aliphatic carbocycles. The molecule has 0 saturated carbocycles. The van der Waals surface area contributed by atoms with Crippen molar-refractivity contribution in [1.29, 1.82) is 0 Å². The van der Waals surface area contributed by atoms with Gasteiger partial charge in [-0.15, -0.1) is 0 Å². The zero-order chi connectivity index (χ0) is 30.9. The average Bonchev–Trinajstić information content (AvgIpc) is 2.89. The van der Waals surface area contributed by atoms with Crippen LogP contribution in [-0.2, 0) is 25.8 Å². The van der Waals surface area contributed by atoms with Gasteiger partial charge in [-0.1, -0.05) is 170 Å². The van der Waals surface area contributed by atoms with Crippen LogP contribution in [0.4, 0.5) is 0 Å². The lowest BCUT2D eigenvalue weighted by atomic mass is 9.72. The van der Waals surface area contributed by atoms with Crippen molar-refractivity contribution in [3.8, 4) is 5.75 Å². The number of hydrogen-bond acceptors (Lipinski definition) is 3. The highest BCUT2D eigenvalue weighted by Gasteiger charge is 2.39. The molecule has 238 valence electrons. The maximum Gasteiger partial charge on any atom is 0.316 e. The van der Waals surface area contributed by atoms with Gasteiger partial charge >= 0.3 is 5.97 Å². The van der Waals surface area contributed by atoms with Crippen molar-refractivity contribution < 1.29 is 14.6 Å². The summed E-state index contributed by atoms with van der Waals surface area (Å²) >= 11 is 0. The molecule has 0 fully saturated rings. The van der Waals surface area contributed by atoms with Crippen LogP contribution in [0, 0.1) is 0 Å². The topological polar surface area (TPSA) is 46.5 Å². The third-order valence-corrected chi connectivity index (χ3v) is 8.87. The molecule has 1 aromatic carbocycles. The Hall–Kier alpha value is -1.51. The Balaban J connectivity index is 2.56. The smallest absolute Gasteiger partial charge is 0.316 e. The van der Waals surface area contributed by atoms with Gasteiger partial charge in [-0.25, -0.2) is 0 Å².